The predicted molar refractivity (Wildman–Crippen MR) is 316 cm³/mol. The minimum Gasteiger partial charge on any atom is -0.496 e. The highest BCUT2D eigenvalue weighted by molar-refractivity contribution is 5.86. The molecule has 4 aromatic rings. The fourth-order valence-electron chi connectivity index (χ4n) is 9.16. The molecule has 0 aliphatic carbocycles. The highest BCUT2D eigenvalue weighted by atomic mass is 16.6. The van der Waals surface area contributed by atoms with Crippen molar-refractivity contribution >= 4 is 40.8 Å². The number of Topliss-reactive ketones (excluding diaryl/α,β-unsaturated/α-hetero) is 1. The number of non-ortho nitro benzene ring substituents is 3. The number of ketones is 1. The zero-order valence-corrected chi connectivity index (χ0v) is 50.3. The van der Waals surface area contributed by atoms with Gasteiger partial charge < -0.3 is 33.5 Å². The maximum Gasteiger partial charge on any atom is 0.410 e. The van der Waals surface area contributed by atoms with Gasteiger partial charge >= 0.3 is 6.09 Å². The maximum absolute atomic E-state index is 12.0. The highest BCUT2D eigenvalue weighted by Gasteiger charge is 2.32. The monoisotopic (exact) mass is 1140 g/mol. The van der Waals surface area contributed by atoms with Crippen LogP contribution in [0.4, 0.5) is 21.9 Å². The van der Waals surface area contributed by atoms with Crippen LogP contribution in [-0.4, -0.2) is 114 Å². The molecule has 0 N–H and O–H groups in total. The van der Waals surface area contributed by atoms with Crippen LogP contribution in [0.5, 0.6) is 23.0 Å². The average molecular weight is 1150 g/mol. The topological polar surface area (TPSA) is 254 Å². The summed E-state index contributed by atoms with van der Waals surface area (Å²) >= 11 is 0. The molecule has 2 atom stereocenters. The molecule has 21 heteroatoms. The first-order valence-electron chi connectivity index (χ1n) is 28.0. The summed E-state index contributed by atoms with van der Waals surface area (Å²) in [6.45, 7) is 14.9. The summed E-state index contributed by atoms with van der Waals surface area (Å²) in [4.78, 5) is 81.2. The van der Waals surface area contributed by atoms with Crippen LogP contribution in [-0.2, 0) is 32.2 Å². The Balaban J connectivity index is 0.000000390. The van der Waals surface area contributed by atoms with Crippen molar-refractivity contribution in [2.24, 2.45) is 0 Å². The molecular weight excluding hydrogens is 1060 g/mol. The molecular formula is C61H88N6O15. The third kappa shape index (κ3) is 24.9. The molecule has 5 rings (SSSR count). The van der Waals surface area contributed by atoms with Crippen molar-refractivity contribution in [2.45, 2.75) is 163 Å². The van der Waals surface area contributed by atoms with E-state index < -0.39 is 15.9 Å². The molecule has 2 unspecified atom stereocenters. The number of ether oxygens (including phenoxy) is 5. The SMILES string of the molecule is CCCCCCCCCCCCC(C)c1cc([N+](=O)[O-])ccc1OC.COC(=O)N1CCCC1C(C)=O.COc1ccc([N+](=O)[O-])cc1CN(C)C(C)=O.COc1ccc([N+](=O)[O-])cc1CN(CCCOc1ccc(C)cc1C)C(C)=O. The summed E-state index contributed by atoms with van der Waals surface area (Å²) in [5, 5.41) is 32.7. The molecule has 0 bridgehead atoms. The molecule has 3 amide bonds. The van der Waals surface area contributed by atoms with Crippen molar-refractivity contribution in [3.63, 3.8) is 0 Å². The Kier molecular flexibility index (Phi) is 32.5. The molecule has 21 nitrogen and oxygen atoms in total. The van der Waals surface area contributed by atoms with Gasteiger partial charge in [0.05, 0.1) is 55.9 Å². The van der Waals surface area contributed by atoms with Crippen LogP contribution in [0.25, 0.3) is 0 Å². The van der Waals surface area contributed by atoms with Crippen molar-refractivity contribution in [2.75, 3.05) is 55.2 Å². The van der Waals surface area contributed by atoms with Gasteiger partial charge in [-0.15, -0.1) is 0 Å². The normalized spacial score (nSPS) is 12.6. The van der Waals surface area contributed by atoms with E-state index in [4.69, 9.17) is 18.9 Å². The van der Waals surface area contributed by atoms with Gasteiger partial charge in [0.2, 0.25) is 11.8 Å². The highest BCUT2D eigenvalue weighted by Crippen LogP contribution is 2.34. The first-order chi connectivity index (χ1) is 39.0. The van der Waals surface area contributed by atoms with Gasteiger partial charge in [-0.3, -0.25) is 49.6 Å². The molecule has 0 spiro atoms. The summed E-state index contributed by atoms with van der Waals surface area (Å²) in [5.74, 6) is 2.73. The van der Waals surface area contributed by atoms with E-state index in [0.29, 0.717) is 48.7 Å². The molecule has 0 radical (unpaired) electrons. The first kappa shape index (κ1) is 70.3. The fraction of sp³-hybridized carbons (Fsp3) is 0.541. The minimum absolute atomic E-state index is 0.0160. The number of benzene rings is 4. The Hall–Kier alpha value is -7.84. The number of hydrogen-bond acceptors (Lipinski definition) is 15. The Labute approximate surface area is 484 Å². The quantitative estimate of drug-likeness (QED) is 0.0291. The molecule has 4 aromatic carbocycles. The van der Waals surface area contributed by atoms with E-state index in [2.05, 4.69) is 24.7 Å². The largest absolute Gasteiger partial charge is 0.496 e. The summed E-state index contributed by atoms with van der Waals surface area (Å²) in [7, 11) is 7.56. The molecule has 1 heterocycles. The molecule has 0 aromatic heterocycles. The van der Waals surface area contributed by atoms with Crippen molar-refractivity contribution in [1.82, 2.24) is 14.7 Å². The summed E-state index contributed by atoms with van der Waals surface area (Å²) in [6.07, 6.45) is 16.2. The zero-order valence-electron chi connectivity index (χ0n) is 50.3. The van der Waals surface area contributed by atoms with Crippen LogP contribution in [0.1, 0.15) is 158 Å². The van der Waals surface area contributed by atoms with Gasteiger partial charge in [0, 0.05) is 100 Å². The van der Waals surface area contributed by atoms with Crippen LogP contribution < -0.4 is 18.9 Å². The number of nitrogens with zero attached hydrogens (tertiary/aromatic N) is 6. The molecule has 0 saturated carbocycles. The summed E-state index contributed by atoms with van der Waals surface area (Å²) in [5.41, 5.74) is 4.51. The van der Waals surface area contributed by atoms with Crippen LogP contribution >= 0.6 is 0 Å². The zero-order chi connectivity index (χ0) is 61.3. The summed E-state index contributed by atoms with van der Waals surface area (Å²) in [6, 6.07) is 19.3. The number of hydrogen-bond donors (Lipinski definition) is 0. The molecule has 1 fully saturated rings. The first-order valence-corrected chi connectivity index (χ1v) is 28.0. The minimum atomic E-state index is -0.475. The number of likely N-dealkylation sites (tertiary alicyclic amines) is 1. The van der Waals surface area contributed by atoms with Gasteiger partial charge in [0.25, 0.3) is 17.1 Å². The number of carbonyl (C=O) groups is 4. The third-order valence-electron chi connectivity index (χ3n) is 13.9. The van der Waals surface area contributed by atoms with Crippen LogP contribution in [0.2, 0.25) is 0 Å². The molecule has 1 saturated heterocycles. The lowest BCUT2D eigenvalue weighted by Gasteiger charge is -2.22. The molecule has 1 aliphatic heterocycles. The van der Waals surface area contributed by atoms with E-state index in [9.17, 15) is 49.5 Å². The number of nitro groups is 3. The van der Waals surface area contributed by atoms with E-state index in [0.717, 1.165) is 41.9 Å². The number of methoxy groups -OCH3 is 4. The number of carbonyl (C=O) groups excluding carboxylic acids is 4. The standard InChI is InChI=1S/C21H26N2O5.C21H35NO3.C11H14N2O4.C8H13NO3/c1-15-6-8-20(16(2)12-15)28-11-5-10-22(17(3)24)14-18-13-19(23(25)26)7-9-21(18)27-4;1-4-5-6-7-8-9-10-11-12-13-14-18(2)20-17-19(22(23)24)15-16-21(20)25-3;1-8(14)12(2)7-9-6-10(13(15)16)4-5-11(9)17-3;1-6(10)7-4-3-5-9(7)8(11)12-2/h6-9,12-13H,5,10-11,14H2,1-4H3;15-18H,4-14H2,1-3H3;4-6H,7H2,1-3H3;7H,3-5H2,1-2H3. The number of amides is 3. The van der Waals surface area contributed by atoms with Gasteiger partial charge in [-0.05, 0) is 82.2 Å². The van der Waals surface area contributed by atoms with Gasteiger partial charge in [-0.25, -0.2) is 4.79 Å². The van der Waals surface area contributed by atoms with E-state index in [1.807, 2.05) is 26.0 Å². The average Bonchev–Trinajstić information content (AvgIpc) is 3.97. The van der Waals surface area contributed by atoms with E-state index in [-0.39, 0.29) is 64.6 Å². The number of rotatable bonds is 28. The Morgan fingerprint density at radius 2 is 1.12 bits per heavy atom. The molecule has 452 valence electrons. The number of nitro benzene ring substituents is 3. The lowest BCUT2D eigenvalue weighted by Crippen LogP contribution is -2.39. The Bertz CT molecular complexity index is 2680. The van der Waals surface area contributed by atoms with Crippen molar-refractivity contribution in [1.29, 1.82) is 0 Å². The van der Waals surface area contributed by atoms with E-state index in [1.54, 1.807) is 37.3 Å². The lowest BCUT2D eigenvalue weighted by molar-refractivity contribution is -0.385. The van der Waals surface area contributed by atoms with Crippen LogP contribution in [0.3, 0.4) is 0 Å². The smallest absolute Gasteiger partial charge is 0.410 e. The Morgan fingerprint density at radius 3 is 1.59 bits per heavy atom. The van der Waals surface area contributed by atoms with Gasteiger partial charge in [0.1, 0.15) is 23.0 Å². The van der Waals surface area contributed by atoms with Gasteiger partial charge in [-0.1, -0.05) is 95.8 Å². The van der Waals surface area contributed by atoms with Crippen LogP contribution in [0, 0.1) is 44.2 Å². The maximum atomic E-state index is 12.0. The van der Waals surface area contributed by atoms with Gasteiger partial charge in [0.15, 0.2) is 5.78 Å². The second-order valence-electron chi connectivity index (χ2n) is 20.3. The van der Waals surface area contributed by atoms with E-state index >= 15 is 0 Å². The Morgan fingerprint density at radius 1 is 0.634 bits per heavy atom. The van der Waals surface area contributed by atoms with Crippen molar-refractivity contribution in [3.05, 3.63) is 131 Å². The van der Waals surface area contributed by atoms with E-state index in [1.165, 1.54) is 158 Å². The summed E-state index contributed by atoms with van der Waals surface area (Å²) < 4.78 is 26.1. The fourth-order valence-corrected chi connectivity index (χ4v) is 9.16. The van der Waals surface area contributed by atoms with Gasteiger partial charge in [-0.2, -0.15) is 0 Å². The van der Waals surface area contributed by atoms with Crippen LogP contribution in [0.15, 0.2) is 72.8 Å². The second-order valence-corrected chi connectivity index (χ2v) is 20.3. The number of unbranched alkanes of at least 4 members (excludes halogenated alkanes) is 9. The van der Waals surface area contributed by atoms with Crippen molar-refractivity contribution in [3.8, 4) is 23.0 Å². The van der Waals surface area contributed by atoms with Crippen molar-refractivity contribution < 1.29 is 57.6 Å². The molecule has 82 heavy (non-hydrogen) atoms. The second kappa shape index (κ2) is 38.0. The predicted octanol–water partition coefficient (Wildman–Crippen LogP) is 13.4. The lowest BCUT2D eigenvalue weighted by atomic mass is 9.93. The number of aryl methyl sites for hydroxylation is 2. The third-order valence-corrected chi connectivity index (χ3v) is 13.9. The molecule has 1 aliphatic rings.